The van der Waals surface area contributed by atoms with E-state index >= 15 is 0 Å². The lowest BCUT2D eigenvalue weighted by Gasteiger charge is -2.21. The first-order chi connectivity index (χ1) is 14.8. The van der Waals surface area contributed by atoms with Crippen molar-refractivity contribution in [2.24, 2.45) is 5.73 Å². The molecule has 2 unspecified atom stereocenters. The maximum absolute atomic E-state index is 13.3. The van der Waals surface area contributed by atoms with Crippen LogP contribution in [0.15, 0.2) is 53.4 Å². The summed E-state index contributed by atoms with van der Waals surface area (Å²) in [5, 5.41) is 2.45. The smallest absolute Gasteiger partial charge is 0.203 e. The fourth-order valence-electron chi connectivity index (χ4n) is 2.94. The normalized spacial score (nSPS) is 13.5. The number of aromatic nitrogens is 2. The van der Waals surface area contributed by atoms with Gasteiger partial charge >= 0.3 is 0 Å². The van der Waals surface area contributed by atoms with Gasteiger partial charge in [0.25, 0.3) is 0 Å². The van der Waals surface area contributed by atoms with Gasteiger partial charge in [0.2, 0.25) is 5.13 Å². The predicted octanol–water partition coefficient (Wildman–Crippen LogP) is 3.62. The van der Waals surface area contributed by atoms with Gasteiger partial charge in [-0.25, -0.2) is 17.8 Å². The first-order valence-corrected chi connectivity index (χ1v) is 12.1. The molecule has 0 saturated heterocycles. The number of anilines is 1. The van der Waals surface area contributed by atoms with Crippen LogP contribution in [0.3, 0.4) is 0 Å². The molecule has 0 spiro atoms. The Balaban J connectivity index is 1.80. The maximum Gasteiger partial charge on any atom is 0.203 e. The van der Waals surface area contributed by atoms with Crippen LogP contribution in [0.2, 0.25) is 0 Å². The van der Waals surface area contributed by atoms with Crippen LogP contribution in [0.25, 0.3) is 0 Å². The van der Waals surface area contributed by atoms with Crippen LogP contribution in [0, 0.1) is 5.82 Å². The van der Waals surface area contributed by atoms with Crippen LogP contribution in [-0.4, -0.2) is 36.3 Å². The summed E-state index contributed by atoms with van der Waals surface area (Å²) in [4.78, 5) is 4.58. The van der Waals surface area contributed by atoms with Gasteiger partial charge in [-0.1, -0.05) is 19.1 Å². The van der Waals surface area contributed by atoms with Gasteiger partial charge in [-0.15, -0.1) is 0 Å². The molecule has 0 aliphatic rings. The molecule has 10 heteroatoms. The van der Waals surface area contributed by atoms with E-state index in [1.807, 2.05) is 6.92 Å². The van der Waals surface area contributed by atoms with E-state index in [9.17, 15) is 12.8 Å². The zero-order valence-corrected chi connectivity index (χ0v) is 18.9. The molecule has 2 aromatic carbocycles. The van der Waals surface area contributed by atoms with Gasteiger partial charge < -0.3 is 15.8 Å². The molecule has 0 aliphatic heterocycles. The number of methoxy groups -OCH3 is 1. The number of nitrogens with one attached hydrogen (secondary N) is 1. The zero-order valence-electron chi connectivity index (χ0n) is 17.3. The molecule has 31 heavy (non-hydrogen) atoms. The topological polar surface area (TPSA) is 107 Å². The van der Waals surface area contributed by atoms with E-state index in [0.29, 0.717) is 29.5 Å². The van der Waals surface area contributed by atoms with Crippen molar-refractivity contribution >= 4 is 26.5 Å². The minimum absolute atomic E-state index is 0.171. The SMILES string of the molecule is CCC(N)CC(Nc1nc(Cc2ccc(F)cc2)ns1)S(=O)(=O)c1ccc(OC)cc1. The molecular formula is C21H25FN4O3S2. The number of nitrogens with zero attached hydrogens (tertiary/aromatic N) is 2. The van der Waals surface area contributed by atoms with Crippen LogP contribution < -0.4 is 15.8 Å². The Morgan fingerprint density at radius 3 is 2.45 bits per heavy atom. The van der Waals surface area contributed by atoms with Crippen molar-refractivity contribution < 1.29 is 17.5 Å². The summed E-state index contributed by atoms with van der Waals surface area (Å²) >= 11 is 1.08. The van der Waals surface area contributed by atoms with E-state index in [-0.39, 0.29) is 23.2 Å². The summed E-state index contributed by atoms with van der Waals surface area (Å²) in [5.74, 6) is 0.791. The predicted molar refractivity (Wildman–Crippen MR) is 120 cm³/mol. The summed E-state index contributed by atoms with van der Waals surface area (Å²) in [6.45, 7) is 1.91. The monoisotopic (exact) mass is 464 g/mol. The number of hydrogen-bond donors (Lipinski definition) is 2. The van der Waals surface area contributed by atoms with Crippen molar-refractivity contribution in [1.29, 1.82) is 0 Å². The molecule has 166 valence electrons. The van der Waals surface area contributed by atoms with Gasteiger partial charge in [0.1, 0.15) is 22.8 Å². The summed E-state index contributed by atoms with van der Waals surface area (Å²) in [7, 11) is -2.21. The van der Waals surface area contributed by atoms with Crippen molar-refractivity contribution in [1.82, 2.24) is 9.36 Å². The average Bonchev–Trinajstić information content (AvgIpc) is 3.21. The first kappa shape index (κ1) is 23.1. The number of hydrogen-bond acceptors (Lipinski definition) is 8. The molecule has 2 atom stereocenters. The van der Waals surface area contributed by atoms with Crippen LogP contribution in [-0.2, 0) is 16.3 Å². The maximum atomic E-state index is 13.3. The molecule has 0 radical (unpaired) electrons. The fraction of sp³-hybridized carbons (Fsp3) is 0.333. The molecule has 0 saturated carbocycles. The third-order valence-corrected chi connectivity index (χ3v) is 7.50. The Morgan fingerprint density at radius 1 is 1.16 bits per heavy atom. The van der Waals surface area contributed by atoms with E-state index in [0.717, 1.165) is 17.1 Å². The summed E-state index contributed by atoms with van der Waals surface area (Å²) in [6.07, 6.45) is 1.28. The third kappa shape index (κ3) is 5.99. The molecule has 7 nitrogen and oxygen atoms in total. The largest absolute Gasteiger partial charge is 0.497 e. The van der Waals surface area contributed by atoms with Gasteiger partial charge in [-0.3, -0.25) is 0 Å². The summed E-state index contributed by atoms with van der Waals surface area (Å²) in [6, 6.07) is 12.0. The molecule has 1 aromatic heterocycles. The number of ether oxygens (including phenoxy) is 1. The molecule has 3 N–H and O–H groups in total. The van der Waals surface area contributed by atoms with Crippen LogP contribution in [0.4, 0.5) is 9.52 Å². The Labute approximate surface area is 185 Å². The van der Waals surface area contributed by atoms with Crippen LogP contribution >= 0.6 is 11.5 Å². The highest BCUT2D eigenvalue weighted by Gasteiger charge is 2.30. The zero-order chi connectivity index (χ0) is 22.4. The van der Waals surface area contributed by atoms with E-state index < -0.39 is 15.2 Å². The second kappa shape index (κ2) is 10.2. The van der Waals surface area contributed by atoms with Crippen molar-refractivity contribution in [2.75, 3.05) is 12.4 Å². The van der Waals surface area contributed by atoms with Crippen molar-refractivity contribution in [2.45, 2.75) is 42.5 Å². The lowest BCUT2D eigenvalue weighted by molar-refractivity contribution is 0.414. The number of benzene rings is 2. The molecule has 0 fully saturated rings. The lowest BCUT2D eigenvalue weighted by atomic mass is 10.1. The van der Waals surface area contributed by atoms with E-state index in [1.54, 1.807) is 24.3 Å². The first-order valence-electron chi connectivity index (χ1n) is 9.79. The van der Waals surface area contributed by atoms with Gasteiger partial charge in [0.15, 0.2) is 9.84 Å². The molecule has 0 aliphatic carbocycles. The van der Waals surface area contributed by atoms with Gasteiger partial charge in [-0.05, 0) is 54.8 Å². The van der Waals surface area contributed by atoms with Gasteiger partial charge in [-0.2, -0.15) is 4.37 Å². The summed E-state index contributed by atoms with van der Waals surface area (Å²) < 4.78 is 49.1. The van der Waals surface area contributed by atoms with E-state index in [2.05, 4.69) is 14.7 Å². The number of halogens is 1. The van der Waals surface area contributed by atoms with Crippen molar-refractivity contribution in [3.63, 3.8) is 0 Å². The Morgan fingerprint density at radius 2 is 1.84 bits per heavy atom. The van der Waals surface area contributed by atoms with Gasteiger partial charge in [0, 0.05) is 24.0 Å². The molecule has 1 heterocycles. The second-order valence-corrected chi connectivity index (χ2v) is 9.96. The number of rotatable bonds is 10. The lowest BCUT2D eigenvalue weighted by Crippen LogP contribution is -2.36. The minimum atomic E-state index is -3.73. The average molecular weight is 465 g/mol. The molecule has 3 aromatic rings. The van der Waals surface area contributed by atoms with Crippen molar-refractivity contribution in [3.05, 3.63) is 65.7 Å². The minimum Gasteiger partial charge on any atom is -0.497 e. The standard InChI is InChI=1S/C21H25FN4O3S2/c1-3-16(23)13-20(31(27,28)18-10-8-17(29-2)9-11-18)25-21-24-19(26-30-21)12-14-4-6-15(22)7-5-14/h4-11,16,20H,3,12-13,23H2,1-2H3,(H,24,25,26). The Hall–Kier alpha value is -2.56. The molecular weight excluding hydrogens is 439 g/mol. The van der Waals surface area contributed by atoms with E-state index in [4.69, 9.17) is 10.5 Å². The highest BCUT2D eigenvalue weighted by molar-refractivity contribution is 7.92. The Bertz CT molecular complexity index is 1090. The van der Waals surface area contributed by atoms with E-state index in [1.165, 1.54) is 31.4 Å². The van der Waals surface area contributed by atoms with Crippen molar-refractivity contribution in [3.8, 4) is 5.75 Å². The molecule has 0 amide bonds. The van der Waals surface area contributed by atoms with Crippen LogP contribution in [0.5, 0.6) is 5.75 Å². The Kier molecular flexibility index (Phi) is 7.58. The second-order valence-electron chi connectivity index (χ2n) is 7.08. The number of nitrogens with two attached hydrogens (primary N) is 1. The highest BCUT2D eigenvalue weighted by atomic mass is 32.2. The molecule has 3 rings (SSSR count). The van der Waals surface area contributed by atoms with Gasteiger partial charge in [0.05, 0.1) is 12.0 Å². The third-order valence-electron chi connectivity index (χ3n) is 4.83. The van der Waals surface area contributed by atoms with Crippen LogP contribution in [0.1, 0.15) is 31.2 Å². The number of sulfone groups is 1. The highest BCUT2D eigenvalue weighted by Crippen LogP contribution is 2.25. The molecule has 0 bridgehead atoms. The quantitative estimate of drug-likeness (QED) is 0.472. The fourth-order valence-corrected chi connectivity index (χ4v) is 5.27. The summed E-state index contributed by atoms with van der Waals surface area (Å²) in [5.41, 5.74) is 6.94.